The number of hydrogen-bond acceptors (Lipinski definition) is 1. The topological polar surface area (TPSA) is 34.0 Å². The minimum absolute atomic E-state index is 0.0423. The third kappa shape index (κ3) is 2.62. The van der Waals surface area contributed by atoms with Gasteiger partial charge in [0.1, 0.15) is 0 Å². The SMILES string of the molecule is Cc1ccccc1NC(=O)c1cc(C)n(C(C)C)c1C. The molecule has 0 aliphatic rings. The molecule has 0 aliphatic heterocycles. The Morgan fingerprint density at radius 3 is 2.35 bits per heavy atom. The Kier molecular flexibility index (Phi) is 3.98. The van der Waals surface area contributed by atoms with Gasteiger partial charge in [-0.05, 0) is 52.3 Å². The molecular weight excluding hydrogens is 248 g/mol. The van der Waals surface area contributed by atoms with Crippen molar-refractivity contribution in [1.29, 1.82) is 0 Å². The molecule has 0 fully saturated rings. The number of aryl methyl sites for hydroxylation is 2. The molecule has 0 spiro atoms. The maximum absolute atomic E-state index is 12.5. The van der Waals surface area contributed by atoms with Crippen molar-refractivity contribution in [3.05, 3.63) is 52.8 Å². The van der Waals surface area contributed by atoms with Gasteiger partial charge in [-0.1, -0.05) is 18.2 Å². The van der Waals surface area contributed by atoms with Gasteiger partial charge in [-0.25, -0.2) is 0 Å². The fraction of sp³-hybridized carbons (Fsp3) is 0.353. The Morgan fingerprint density at radius 2 is 1.80 bits per heavy atom. The zero-order valence-electron chi connectivity index (χ0n) is 12.8. The summed E-state index contributed by atoms with van der Waals surface area (Å²) in [7, 11) is 0. The normalized spacial score (nSPS) is 10.9. The predicted octanol–water partition coefficient (Wildman–Crippen LogP) is 4.25. The van der Waals surface area contributed by atoms with Gasteiger partial charge >= 0.3 is 0 Å². The first-order valence-corrected chi connectivity index (χ1v) is 6.97. The fourth-order valence-electron chi connectivity index (χ4n) is 2.70. The van der Waals surface area contributed by atoms with Crippen LogP contribution in [-0.4, -0.2) is 10.5 Å². The van der Waals surface area contributed by atoms with Gasteiger partial charge in [0.25, 0.3) is 5.91 Å². The van der Waals surface area contributed by atoms with Crippen molar-refractivity contribution in [3.8, 4) is 0 Å². The molecule has 0 unspecified atom stereocenters. The molecule has 2 rings (SSSR count). The molecule has 1 aromatic heterocycles. The summed E-state index contributed by atoms with van der Waals surface area (Å²) in [5.41, 5.74) is 4.82. The van der Waals surface area contributed by atoms with Crippen molar-refractivity contribution in [3.63, 3.8) is 0 Å². The van der Waals surface area contributed by atoms with E-state index in [0.717, 1.165) is 28.2 Å². The van der Waals surface area contributed by atoms with Crippen molar-refractivity contribution in [2.45, 2.75) is 40.7 Å². The molecule has 0 saturated carbocycles. The van der Waals surface area contributed by atoms with Crippen LogP contribution in [0.1, 0.15) is 47.2 Å². The third-order valence-electron chi connectivity index (χ3n) is 3.64. The number of carbonyl (C=O) groups excluding carboxylic acids is 1. The fourth-order valence-corrected chi connectivity index (χ4v) is 2.70. The van der Waals surface area contributed by atoms with Crippen LogP contribution < -0.4 is 5.32 Å². The van der Waals surface area contributed by atoms with Crippen LogP contribution in [0.25, 0.3) is 0 Å². The Hall–Kier alpha value is -2.03. The lowest BCUT2D eigenvalue weighted by Gasteiger charge is -2.14. The summed E-state index contributed by atoms with van der Waals surface area (Å²) in [6.07, 6.45) is 0. The minimum Gasteiger partial charge on any atom is -0.346 e. The molecule has 0 radical (unpaired) electrons. The number of rotatable bonds is 3. The highest BCUT2D eigenvalue weighted by Crippen LogP contribution is 2.22. The van der Waals surface area contributed by atoms with Crippen LogP contribution in [0, 0.1) is 20.8 Å². The number of nitrogens with one attached hydrogen (secondary N) is 1. The predicted molar refractivity (Wildman–Crippen MR) is 83.4 cm³/mol. The smallest absolute Gasteiger partial charge is 0.257 e. The number of benzene rings is 1. The standard InChI is InChI=1S/C17H22N2O/c1-11(2)19-13(4)10-15(14(19)5)17(20)18-16-9-7-6-8-12(16)3/h6-11H,1-5H3,(H,18,20). The van der Waals surface area contributed by atoms with Crippen LogP contribution in [0.4, 0.5) is 5.69 Å². The molecule has 20 heavy (non-hydrogen) atoms. The lowest BCUT2D eigenvalue weighted by molar-refractivity contribution is 0.102. The molecule has 1 N–H and O–H groups in total. The molecular formula is C17H22N2O. The number of hydrogen-bond donors (Lipinski definition) is 1. The van der Waals surface area contributed by atoms with Crippen LogP contribution in [0.15, 0.2) is 30.3 Å². The lowest BCUT2D eigenvalue weighted by Crippen LogP contribution is -2.14. The zero-order chi connectivity index (χ0) is 14.9. The van der Waals surface area contributed by atoms with Crippen LogP contribution in [-0.2, 0) is 0 Å². The molecule has 0 atom stereocenters. The third-order valence-corrected chi connectivity index (χ3v) is 3.64. The second kappa shape index (κ2) is 5.53. The van der Waals surface area contributed by atoms with Gasteiger partial charge in [0.15, 0.2) is 0 Å². The van der Waals surface area contributed by atoms with Crippen molar-refractivity contribution in [2.24, 2.45) is 0 Å². The molecule has 3 heteroatoms. The van der Waals surface area contributed by atoms with Crippen LogP contribution in [0.2, 0.25) is 0 Å². The van der Waals surface area contributed by atoms with Crippen LogP contribution in [0.5, 0.6) is 0 Å². The summed E-state index contributed by atoms with van der Waals surface area (Å²) in [4.78, 5) is 12.5. The summed E-state index contributed by atoms with van der Waals surface area (Å²) in [5.74, 6) is -0.0423. The Labute approximate surface area is 120 Å². The second-order valence-electron chi connectivity index (χ2n) is 5.52. The molecule has 3 nitrogen and oxygen atoms in total. The Bertz CT molecular complexity index is 638. The van der Waals surface area contributed by atoms with E-state index in [1.54, 1.807) is 0 Å². The van der Waals surface area contributed by atoms with E-state index in [-0.39, 0.29) is 5.91 Å². The molecule has 0 bridgehead atoms. The van der Waals surface area contributed by atoms with E-state index >= 15 is 0 Å². The van der Waals surface area contributed by atoms with Gasteiger partial charge in [-0.2, -0.15) is 0 Å². The average Bonchev–Trinajstić information content (AvgIpc) is 2.67. The van der Waals surface area contributed by atoms with Gasteiger partial charge in [-0.3, -0.25) is 4.79 Å². The lowest BCUT2D eigenvalue weighted by atomic mass is 10.1. The van der Waals surface area contributed by atoms with Crippen molar-refractivity contribution >= 4 is 11.6 Å². The highest BCUT2D eigenvalue weighted by molar-refractivity contribution is 6.05. The van der Waals surface area contributed by atoms with E-state index in [1.807, 2.05) is 51.1 Å². The summed E-state index contributed by atoms with van der Waals surface area (Å²) in [6.45, 7) is 10.3. The van der Waals surface area contributed by atoms with Crippen molar-refractivity contribution in [2.75, 3.05) is 5.32 Å². The second-order valence-corrected chi connectivity index (χ2v) is 5.52. The van der Waals surface area contributed by atoms with E-state index in [1.165, 1.54) is 0 Å². The summed E-state index contributed by atoms with van der Waals surface area (Å²) in [6, 6.07) is 10.1. The quantitative estimate of drug-likeness (QED) is 0.889. The van der Waals surface area contributed by atoms with E-state index in [9.17, 15) is 4.79 Å². The number of aromatic nitrogens is 1. The van der Waals surface area contributed by atoms with Crippen LogP contribution in [0.3, 0.4) is 0 Å². The number of para-hydroxylation sites is 1. The first kappa shape index (κ1) is 14.4. The van der Waals surface area contributed by atoms with E-state index in [0.29, 0.717) is 6.04 Å². The molecule has 0 saturated heterocycles. The number of amides is 1. The number of nitrogens with zero attached hydrogens (tertiary/aromatic N) is 1. The number of carbonyl (C=O) groups is 1. The summed E-state index contributed by atoms with van der Waals surface area (Å²) >= 11 is 0. The molecule has 0 aliphatic carbocycles. The average molecular weight is 270 g/mol. The molecule has 1 heterocycles. The highest BCUT2D eigenvalue weighted by atomic mass is 16.1. The van der Waals surface area contributed by atoms with Gasteiger partial charge in [0.05, 0.1) is 5.56 Å². The van der Waals surface area contributed by atoms with Crippen LogP contribution >= 0.6 is 0 Å². The van der Waals surface area contributed by atoms with E-state index in [4.69, 9.17) is 0 Å². The maximum Gasteiger partial charge on any atom is 0.257 e. The summed E-state index contributed by atoms with van der Waals surface area (Å²) < 4.78 is 2.19. The first-order valence-electron chi connectivity index (χ1n) is 6.97. The molecule has 1 aromatic carbocycles. The monoisotopic (exact) mass is 270 g/mol. The first-order chi connectivity index (χ1) is 9.41. The van der Waals surface area contributed by atoms with Gasteiger partial charge < -0.3 is 9.88 Å². The maximum atomic E-state index is 12.5. The molecule has 1 amide bonds. The van der Waals surface area contributed by atoms with E-state index in [2.05, 4.69) is 23.7 Å². The van der Waals surface area contributed by atoms with Gasteiger partial charge in [0.2, 0.25) is 0 Å². The Morgan fingerprint density at radius 1 is 1.15 bits per heavy atom. The van der Waals surface area contributed by atoms with Crippen molar-refractivity contribution in [1.82, 2.24) is 4.57 Å². The Balaban J connectivity index is 2.31. The highest BCUT2D eigenvalue weighted by Gasteiger charge is 2.17. The largest absolute Gasteiger partial charge is 0.346 e. The van der Waals surface area contributed by atoms with Gasteiger partial charge in [0, 0.05) is 23.1 Å². The summed E-state index contributed by atoms with van der Waals surface area (Å²) in [5, 5.41) is 2.99. The molecule has 106 valence electrons. The van der Waals surface area contributed by atoms with Crippen molar-refractivity contribution < 1.29 is 4.79 Å². The molecule has 2 aromatic rings. The minimum atomic E-state index is -0.0423. The van der Waals surface area contributed by atoms with Gasteiger partial charge in [-0.15, -0.1) is 0 Å². The number of anilines is 1. The van der Waals surface area contributed by atoms with E-state index < -0.39 is 0 Å². The zero-order valence-corrected chi connectivity index (χ0v) is 12.8.